The van der Waals surface area contributed by atoms with E-state index in [-0.39, 0.29) is 0 Å². The lowest BCUT2D eigenvalue weighted by molar-refractivity contribution is -0.930. The molecule has 0 rings (SSSR count). The predicted octanol–water partition coefficient (Wildman–Crippen LogP) is 4.13. The van der Waals surface area contributed by atoms with E-state index in [1.807, 2.05) is 36.5 Å². The van der Waals surface area contributed by atoms with Crippen LogP contribution in [-0.2, 0) is 0 Å². The third kappa shape index (κ3) is 7.45. The lowest BCUT2D eigenvalue weighted by atomic mass is 10.2. The lowest BCUT2D eigenvalue weighted by Crippen LogP contribution is -2.53. The van der Waals surface area contributed by atoms with Gasteiger partial charge >= 0.3 is 0 Å². The van der Waals surface area contributed by atoms with Gasteiger partial charge in [-0.15, -0.1) is 0 Å². The van der Waals surface area contributed by atoms with Crippen LogP contribution in [0.1, 0.15) is 6.42 Å². The van der Waals surface area contributed by atoms with Gasteiger partial charge in [-0.25, -0.2) is 0 Å². The van der Waals surface area contributed by atoms with E-state index in [9.17, 15) is 0 Å². The highest BCUT2D eigenvalue weighted by molar-refractivity contribution is 4.78. The standard InChI is InChI=1S/C21H36N2/c1-7-14-22(15-8-2,16-9-3)20-13-21-23(17-10-4,18-11-5)19-12-6/h7-12H,1-6,13-21H2/q+2. The smallest absolute Gasteiger partial charge is 0.0975 e. The molecule has 0 saturated carbocycles. The minimum Gasteiger partial charge on any atom is -0.314 e. The highest BCUT2D eigenvalue weighted by Gasteiger charge is 2.27. The molecule has 0 amide bonds. The third-order valence-corrected chi connectivity index (χ3v) is 4.36. The van der Waals surface area contributed by atoms with E-state index in [4.69, 9.17) is 0 Å². The van der Waals surface area contributed by atoms with E-state index in [1.54, 1.807) is 0 Å². The van der Waals surface area contributed by atoms with Crippen molar-refractivity contribution in [2.75, 3.05) is 52.4 Å². The zero-order chi connectivity index (χ0) is 17.6. The molecule has 0 aliphatic carbocycles. The van der Waals surface area contributed by atoms with Crippen LogP contribution < -0.4 is 0 Å². The van der Waals surface area contributed by atoms with Crippen molar-refractivity contribution < 1.29 is 8.97 Å². The Morgan fingerprint density at radius 2 is 0.652 bits per heavy atom. The zero-order valence-corrected chi connectivity index (χ0v) is 15.0. The van der Waals surface area contributed by atoms with Crippen LogP contribution in [0.5, 0.6) is 0 Å². The van der Waals surface area contributed by atoms with Gasteiger partial charge in [0.1, 0.15) is 0 Å². The quantitative estimate of drug-likeness (QED) is 0.297. The molecule has 0 heterocycles. The first kappa shape index (κ1) is 21.4. The van der Waals surface area contributed by atoms with Gasteiger partial charge in [0.2, 0.25) is 0 Å². The minimum atomic E-state index is 0.947. The highest BCUT2D eigenvalue weighted by Crippen LogP contribution is 2.14. The molecule has 0 radical (unpaired) electrons. The van der Waals surface area contributed by atoms with Crippen LogP contribution in [0.15, 0.2) is 75.9 Å². The first-order valence-electron chi connectivity index (χ1n) is 8.43. The van der Waals surface area contributed by atoms with Crippen LogP contribution in [-0.4, -0.2) is 61.3 Å². The molecule has 0 saturated heterocycles. The average Bonchev–Trinajstić information content (AvgIpc) is 2.49. The summed E-state index contributed by atoms with van der Waals surface area (Å²) in [6.45, 7) is 31.4. The van der Waals surface area contributed by atoms with E-state index in [2.05, 4.69) is 39.5 Å². The summed E-state index contributed by atoms with van der Waals surface area (Å²) in [5.41, 5.74) is 0. The number of quaternary nitrogens is 2. The molecule has 128 valence electrons. The van der Waals surface area contributed by atoms with Crippen LogP contribution in [0, 0.1) is 0 Å². The van der Waals surface area contributed by atoms with Crippen molar-refractivity contribution in [3.05, 3.63) is 75.9 Å². The van der Waals surface area contributed by atoms with E-state index < -0.39 is 0 Å². The molecule has 0 aliphatic heterocycles. The van der Waals surface area contributed by atoms with Crippen molar-refractivity contribution in [2.45, 2.75) is 6.42 Å². The fourth-order valence-corrected chi connectivity index (χ4v) is 3.38. The molecule has 0 fully saturated rings. The molecule has 0 aromatic carbocycles. The molecule has 2 nitrogen and oxygen atoms in total. The van der Waals surface area contributed by atoms with Gasteiger partial charge in [-0.05, 0) is 36.5 Å². The molecule has 0 bridgehead atoms. The van der Waals surface area contributed by atoms with Gasteiger partial charge in [0.15, 0.2) is 0 Å². The summed E-state index contributed by atoms with van der Waals surface area (Å²) in [7, 11) is 0. The summed E-state index contributed by atoms with van der Waals surface area (Å²) in [4.78, 5) is 0. The summed E-state index contributed by atoms with van der Waals surface area (Å²) in [6, 6.07) is 0. The van der Waals surface area contributed by atoms with Gasteiger partial charge in [0.25, 0.3) is 0 Å². The SMILES string of the molecule is C=CC[N+](CC=C)(CC=C)CCC[N+](CC=C)(CC=C)CC=C. The zero-order valence-electron chi connectivity index (χ0n) is 15.0. The molecule has 23 heavy (non-hydrogen) atoms. The van der Waals surface area contributed by atoms with Gasteiger partial charge < -0.3 is 8.97 Å². The summed E-state index contributed by atoms with van der Waals surface area (Å²) in [5.74, 6) is 0. The van der Waals surface area contributed by atoms with Crippen LogP contribution >= 0.6 is 0 Å². The molecule has 0 atom stereocenters. The van der Waals surface area contributed by atoms with Gasteiger partial charge in [-0.1, -0.05) is 39.5 Å². The van der Waals surface area contributed by atoms with E-state index >= 15 is 0 Å². The van der Waals surface area contributed by atoms with Crippen molar-refractivity contribution >= 4 is 0 Å². The fourth-order valence-electron chi connectivity index (χ4n) is 3.38. The maximum atomic E-state index is 3.93. The predicted molar refractivity (Wildman–Crippen MR) is 105 cm³/mol. The molecule has 0 unspecified atom stereocenters. The maximum Gasteiger partial charge on any atom is 0.0975 e. The first-order valence-corrected chi connectivity index (χ1v) is 8.43. The van der Waals surface area contributed by atoms with E-state index in [0.717, 1.165) is 67.7 Å². The van der Waals surface area contributed by atoms with Crippen molar-refractivity contribution in [3.63, 3.8) is 0 Å². The number of rotatable bonds is 16. The number of nitrogens with zero attached hydrogens (tertiary/aromatic N) is 2. The van der Waals surface area contributed by atoms with E-state index in [1.165, 1.54) is 0 Å². The topological polar surface area (TPSA) is 0 Å². The summed E-state index contributed by atoms with van der Waals surface area (Å²) < 4.78 is 1.90. The molecular weight excluding hydrogens is 280 g/mol. The van der Waals surface area contributed by atoms with Crippen molar-refractivity contribution in [1.29, 1.82) is 0 Å². The summed E-state index contributed by atoms with van der Waals surface area (Å²) in [5, 5.41) is 0. The molecule has 0 aromatic rings. The molecule has 0 aromatic heterocycles. The second-order valence-electron chi connectivity index (χ2n) is 6.31. The largest absolute Gasteiger partial charge is 0.314 e. The van der Waals surface area contributed by atoms with Crippen LogP contribution in [0.4, 0.5) is 0 Å². The Morgan fingerprint density at radius 3 is 0.826 bits per heavy atom. The van der Waals surface area contributed by atoms with Crippen LogP contribution in [0.25, 0.3) is 0 Å². The second kappa shape index (κ2) is 11.9. The normalized spacial score (nSPS) is 11.5. The maximum absolute atomic E-state index is 3.93. The average molecular weight is 317 g/mol. The van der Waals surface area contributed by atoms with Crippen LogP contribution in [0.2, 0.25) is 0 Å². The minimum absolute atomic E-state index is 0.947. The second-order valence-corrected chi connectivity index (χ2v) is 6.31. The number of hydrogen-bond donors (Lipinski definition) is 0. The van der Waals surface area contributed by atoms with Gasteiger partial charge in [-0.2, -0.15) is 0 Å². The molecular formula is C21H36N2+2. The Kier molecular flexibility index (Phi) is 11.0. The Bertz CT molecular complexity index is 315. The van der Waals surface area contributed by atoms with Gasteiger partial charge in [-0.3, -0.25) is 0 Å². The lowest BCUT2D eigenvalue weighted by Gasteiger charge is -2.39. The summed E-state index contributed by atoms with van der Waals surface area (Å²) >= 11 is 0. The van der Waals surface area contributed by atoms with Crippen molar-refractivity contribution in [1.82, 2.24) is 0 Å². The van der Waals surface area contributed by atoms with Crippen molar-refractivity contribution in [2.24, 2.45) is 0 Å². The third-order valence-electron chi connectivity index (χ3n) is 4.36. The van der Waals surface area contributed by atoms with Gasteiger partial charge in [0, 0.05) is 6.42 Å². The monoisotopic (exact) mass is 316 g/mol. The molecule has 0 N–H and O–H groups in total. The molecule has 0 spiro atoms. The van der Waals surface area contributed by atoms with E-state index in [0.29, 0.717) is 0 Å². The summed E-state index contributed by atoms with van der Waals surface area (Å²) in [6.07, 6.45) is 13.2. The fraction of sp³-hybridized carbons (Fsp3) is 0.429. The Hall–Kier alpha value is -1.64. The highest BCUT2D eigenvalue weighted by atomic mass is 15.4. The number of hydrogen-bond acceptors (Lipinski definition) is 0. The Labute approximate surface area is 144 Å². The molecule has 0 aliphatic rings. The molecule has 2 heteroatoms. The Balaban J connectivity index is 5.02. The van der Waals surface area contributed by atoms with Crippen LogP contribution in [0.3, 0.4) is 0 Å². The Morgan fingerprint density at radius 1 is 0.435 bits per heavy atom. The van der Waals surface area contributed by atoms with Gasteiger partial charge in [0.05, 0.1) is 52.4 Å². The van der Waals surface area contributed by atoms with Crippen molar-refractivity contribution in [3.8, 4) is 0 Å². The first-order chi connectivity index (χ1) is 11.1.